The summed E-state index contributed by atoms with van der Waals surface area (Å²) in [5, 5.41) is 0. The van der Waals surface area contributed by atoms with Crippen LogP contribution < -0.4 is 30.8 Å². The highest BCUT2D eigenvalue weighted by Crippen LogP contribution is 2.52. The van der Waals surface area contributed by atoms with Gasteiger partial charge in [-0.25, -0.2) is 0 Å². The van der Waals surface area contributed by atoms with E-state index in [2.05, 4.69) is 165 Å². The van der Waals surface area contributed by atoms with E-state index in [1.165, 1.54) is 61.4 Å². The fourth-order valence-corrected chi connectivity index (χ4v) is 8.65. The minimum absolute atomic E-state index is 0.000844. The second-order valence-corrected chi connectivity index (χ2v) is 14.5. The molecule has 0 amide bonds. The van der Waals surface area contributed by atoms with Crippen molar-refractivity contribution >= 4 is 34.5 Å². The summed E-state index contributed by atoms with van der Waals surface area (Å²) in [5.74, 6) is 3.97. The number of hydrogen-bond acceptors (Lipinski definition) is 3. The van der Waals surface area contributed by atoms with Crippen LogP contribution in [0.2, 0.25) is 0 Å². The number of hydrogen-bond donors (Lipinski definition) is 0. The minimum atomic E-state index is -0.218. The first kappa shape index (κ1) is 29.2. The molecule has 3 nitrogen and oxygen atoms in total. The van der Waals surface area contributed by atoms with E-state index in [0.29, 0.717) is 5.92 Å². The quantitative estimate of drug-likeness (QED) is 0.178. The van der Waals surface area contributed by atoms with Gasteiger partial charge in [-0.1, -0.05) is 112 Å². The summed E-state index contributed by atoms with van der Waals surface area (Å²) in [5.41, 5.74) is 14.5. The Balaban J connectivity index is 1.13. The Kier molecular flexibility index (Phi) is 6.36. The lowest BCUT2D eigenvalue weighted by molar-refractivity contribution is 0.464. The molecule has 2 heterocycles. The standard InChI is InChI=1S/C46H36BNO2/c1-29-13-10-11-18-40(29)48(32-16-8-5-9-17-32)33-22-23-34-35-27-44-39(28-37(35)46(2,3)36(34)26-33)47-38-25-31(30-14-6-4-7-15-30)21-24-41(38)49-42-19-12-20-43(50-44)45(42)47/h4-12,14-29H,13H2,1-3H3. The summed E-state index contributed by atoms with van der Waals surface area (Å²) < 4.78 is 13.3. The molecule has 0 bridgehead atoms. The van der Waals surface area contributed by atoms with E-state index >= 15 is 0 Å². The molecular formula is C46H36BNO2. The van der Waals surface area contributed by atoms with Crippen molar-refractivity contribution in [1.82, 2.24) is 0 Å². The summed E-state index contributed by atoms with van der Waals surface area (Å²) in [6, 6.07) is 46.0. The Morgan fingerprint density at radius 2 is 1.34 bits per heavy atom. The monoisotopic (exact) mass is 645 g/mol. The number of fused-ring (bicyclic) bond motifs is 7. The normalized spacial score (nSPS) is 16.9. The minimum Gasteiger partial charge on any atom is -0.458 e. The van der Waals surface area contributed by atoms with E-state index in [4.69, 9.17) is 9.47 Å². The van der Waals surface area contributed by atoms with Gasteiger partial charge in [0, 0.05) is 33.9 Å². The van der Waals surface area contributed by atoms with Gasteiger partial charge >= 0.3 is 0 Å². The fourth-order valence-electron chi connectivity index (χ4n) is 8.65. The van der Waals surface area contributed by atoms with Crippen LogP contribution in [0.4, 0.5) is 11.4 Å². The van der Waals surface area contributed by atoms with Crippen LogP contribution in [0.1, 0.15) is 38.3 Å². The maximum absolute atomic E-state index is 6.77. The average molecular weight is 646 g/mol. The molecule has 0 fully saturated rings. The molecule has 6 aromatic rings. The Morgan fingerprint density at radius 1 is 0.620 bits per heavy atom. The van der Waals surface area contributed by atoms with Gasteiger partial charge in [-0.05, 0) is 105 Å². The maximum Gasteiger partial charge on any atom is 0.260 e. The summed E-state index contributed by atoms with van der Waals surface area (Å²) >= 11 is 0. The molecule has 0 spiro atoms. The molecular weight excluding hydrogens is 609 g/mol. The molecule has 1 unspecified atom stereocenters. The molecule has 0 saturated carbocycles. The van der Waals surface area contributed by atoms with Crippen molar-refractivity contribution in [1.29, 1.82) is 0 Å². The fraction of sp³-hybridized carbons (Fsp3) is 0.130. The SMILES string of the molecule is CC1CC=CC=C1N(c1ccccc1)c1ccc2c(c1)C(C)(C)c1cc3c(cc1-2)Oc1cccc2c1B3c1cc(-c3ccccc3)ccc1O2. The zero-order chi connectivity index (χ0) is 33.6. The molecule has 0 radical (unpaired) electrons. The lowest BCUT2D eigenvalue weighted by Gasteiger charge is -2.34. The Labute approximate surface area is 294 Å². The van der Waals surface area contributed by atoms with E-state index in [9.17, 15) is 0 Å². The van der Waals surface area contributed by atoms with Gasteiger partial charge in [0.1, 0.15) is 23.0 Å². The van der Waals surface area contributed by atoms with Crippen LogP contribution in [0.5, 0.6) is 23.0 Å². The van der Waals surface area contributed by atoms with E-state index in [-0.39, 0.29) is 12.1 Å². The Morgan fingerprint density at radius 3 is 2.12 bits per heavy atom. The molecule has 2 aliphatic heterocycles. The predicted molar refractivity (Wildman–Crippen MR) is 207 cm³/mol. The smallest absolute Gasteiger partial charge is 0.260 e. The van der Waals surface area contributed by atoms with E-state index in [1.54, 1.807) is 0 Å². The highest BCUT2D eigenvalue weighted by Gasteiger charge is 2.44. The van der Waals surface area contributed by atoms with Gasteiger partial charge in [0.2, 0.25) is 0 Å². The molecule has 0 saturated heterocycles. The third-order valence-corrected chi connectivity index (χ3v) is 11.2. The van der Waals surface area contributed by atoms with E-state index in [1.807, 2.05) is 6.07 Å². The maximum atomic E-state index is 6.77. The van der Waals surface area contributed by atoms with Gasteiger partial charge in [0.05, 0.1) is 0 Å². The zero-order valence-corrected chi connectivity index (χ0v) is 28.5. The Bertz CT molecular complexity index is 2410. The van der Waals surface area contributed by atoms with Gasteiger partial charge < -0.3 is 14.4 Å². The van der Waals surface area contributed by atoms with Gasteiger partial charge in [0.25, 0.3) is 6.71 Å². The number of para-hydroxylation sites is 1. The van der Waals surface area contributed by atoms with Gasteiger partial charge in [0.15, 0.2) is 0 Å². The molecule has 6 aromatic carbocycles. The van der Waals surface area contributed by atoms with E-state index < -0.39 is 0 Å². The van der Waals surface area contributed by atoms with Gasteiger partial charge in [-0.15, -0.1) is 0 Å². The molecule has 2 aliphatic carbocycles. The first-order valence-electron chi connectivity index (χ1n) is 17.7. The number of nitrogens with zero attached hydrogens (tertiary/aromatic N) is 1. The number of benzene rings is 6. The van der Waals surface area contributed by atoms with Crippen LogP contribution in [-0.4, -0.2) is 6.71 Å². The van der Waals surface area contributed by atoms with Crippen LogP contribution in [0.15, 0.2) is 151 Å². The van der Waals surface area contributed by atoms with Crippen LogP contribution in [-0.2, 0) is 5.41 Å². The van der Waals surface area contributed by atoms with E-state index in [0.717, 1.165) is 34.9 Å². The van der Waals surface area contributed by atoms with Crippen molar-refractivity contribution < 1.29 is 9.47 Å². The number of anilines is 2. The van der Waals surface area contributed by atoms with Crippen LogP contribution in [0, 0.1) is 5.92 Å². The molecule has 4 aliphatic rings. The van der Waals surface area contributed by atoms with Crippen molar-refractivity contribution in [3.05, 3.63) is 162 Å². The lowest BCUT2D eigenvalue weighted by Crippen LogP contribution is -2.57. The molecule has 240 valence electrons. The van der Waals surface area contributed by atoms with Crippen LogP contribution in [0.3, 0.4) is 0 Å². The molecule has 1 atom stereocenters. The zero-order valence-electron chi connectivity index (χ0n) is 28.5. The summed E-state index contributed by atoms with van der Waals surface area (Å²) in [6.45, 7) is 7.07. The van der Waals surface area contributed by atoms with Gasteiger partial charge in [-0.2, -0.15) is 0 Å². The largest absolute Gasteiger partial charge is 0.458 e. The molecule has 0 aromatic heterocycles. The van der Waals surface area contributed by atoms with Crippen LogP contribution >= 0.6 is 0 Å². The molecule has 50 heavy (non-hydrogen) atoms. The highest BCUT2D eigenvalue weighted by molar-refractivity contribution is 6.98. The third kappa shape index (κ3) is 4.31. The van der Waals surface area contributed by atoms with Crippen molar-refractivity contribution in [2.24, 2.45) is 5.92 Å². The summed E-state index contributed by atoms with van der Waals surface area (Å²) in [6.07, 6.45) is 7.78. The van der Waals surface area contributed by atoms with Gasteiger partial charge in [-0.3, -0.25) is 0 Å². The third-order valence-electron chi connectivity index (χ3n) is 11.2. The molecule has 0 N–H and O–H groups in total. The number of ether oxygens (including phenoxy) is 2. The number of rotatable bonds is 4. The topological polar surface area (TPSA) is 21.7 Å². The molecule has 4 heteroatoms. The van der Waals surface area contributed by atoms with Crippen molar-refractivity contribution in [3.8, 4) is 45.3 Å². The highest BCUT2D eigenvalue weighted by atomic mass is 16.5. The average Bonchev–Trinajstić information content (AvgIpc) is 3.37. The van der Waals surface area contributed by atoms with Crippen molar-refractivity contribution in [2.75, 3.05) is 4.90 Å². The summed E-state index contributed by atoms with van der Waals surface area (Å²) in [7, 11) is 0. The number of allylic oxidation sites excluding steroid dienone is 4. The van der Waals surface area contributed by atoms with Crippen molar-refractivity contribution in [2.45, 2.75) is 32.6 Å². The second kappa shape index (κ2) is 10.9. The second-order valence-electron chi connectivity index (χ2n) is 14.5. The first-order chi connectivity index (χ1) is 24.5. The summed E-state index contributed by atoms with van der Waals surface area (Å²) in [4.78, 5) is 2.45. The first-order valence-corrected chi connectivity index (χ1v) is 17.7. The van der Waals surface area contributed by atoms with Crippen molar-refractivity contribution in [3.63, 3.8) is 0 Å². The Hall–Kier alpha value is -5.74. The molecule has 10 rings (SSSR count). The lowest BCUT2D eigenvalue weighted by atomic mass is 9.34. The predicted octanol–water partition coefficient (Wildman–Crippen LogP) is 10.0. The van der Waals surface area contributed by atoms with Crippen LogP contribution in [0.25, 0.3) is 22.3 Å².